The summed E-state index contributed by atoms with van der Waals surface area (Å²) >= 11 is 6.26. The van der Waals surface area contributed by atoms with E-state index in [1.165, 1.54) is 0 Å². The Morgan fingerprint density at radius 2 is 1.74 bits per heavy atom. The van der Waals surface area contributed by atoms with Crippen LogP contribution in [-0.4, -0.2) is 35.1 Å². The van der Waals surface area contributed by atoms with Crippen LogP contribution in [0.15, 0.2) is 28.8 Å². The predicted octanol–water partition coefficient (Wildman–Crippen LogP) is 4.03. The Labute approximate surface area is 162 Å². The van der Waals surface area contributed by atoms with Crippen molar-refractivity contribution >= 4 is 29.1 Å². The van der Waals surface area contributed by atoms with Gasteiger partial charge in [0.15, 0.2) is 0 Å². The third-order valence-electron chi connectivity index (χ3n) is 4.12. The van der Waals surface area contributed by atoms with Gasteiger partial charge in [-0.3, -0.25) is 4.79 Å². The van der Waals surface area contributed by atoms with E-state index in [4.69, 9.17) is 16.1 Å². The molecule has 1 N–H and O–H groups in total. The Hall–Kier alpha value is -2.93. The Balaban J connectivity index is 2.00. The molecule has 3 rings (SSSR count). The molecule has 0 unspecified atom stereocenters. The molecule has 1 aromatic carbocycles. The van der Waals surface area contributed by atoms with Gasteiger partial charge in [0.1, 0.15) is 17.0 Å². The van der Waals surface area contributed by atoms with Crippen LogP contribution in [-0.2, 0) is 0 Å². The average molecular weight is 386 g/mol. The number of anilines is 2. The van der Waals surface area contributed by atoms with Gasteiger partial charge in [0, 0.05) is 19.7 Å². The molecule has 8 heteroatoms. The quantitative estimate of drug-likeness (QED) is 0.729. The van der Waals surface area contributed by atoms with Crippen molar-refractivity contribution in [3.8, 4) is 11.3 Å². The lowest BCUT2D eigenvalue weighted by atomic mass is 10.1. The minimum absolute atomic E-state index is 0.332. The molecular formula is C19H20ClN5O2. The lowest BCUT2D eigenvalue weighted by Gasteiger charge is -2.15. The van der Waals surface area contributed by atoms with Crippen LogP contribution >= 0.6 is 11.6 Å². The smallest absolute Gasteiger partial charge is 0.261 e. The zero-order chi connectivity index (χ0) is 19.7. The topological polar surface area (TPSA) is 84.2 Å². The van der Waals surface area contributed by atoms with E-state index in [1.54, 1.807) is 19.1 Å². The molecule has 0 aliphatic carbocycles. The van der Waals surface area contributed by atoms with Crippen LogP contribution in [0.25, 0.3) is 11.3 Å². The number of benzene rings is 1. The van der Waals surface area contributed by atoms with E-state index in [0.717, 1.165) is 0 Å². The number of amides is 1. The maximum absolute atomic E-state index is 13.0. The summed E-state index contributed by atoms with van der Waals surface area (Å²) in [7, 11) is 3.73. The molecule has 7 nitrogen and oxygen atoms in total. The molecule has 3 aromatic rings. The number of carbonyl (C=O) groups excluding carboxylic acids is 1. The fraction of sp³-hybridized carbons (Fsp3) is 0.263. The first-order chi connectivity index (χ1) is 12.8. The van der Waals surface area contributed by atoms with Crippen molar-refractivity contribution in [3.05, 3.63) is 52.0 Å². The first-order valence-corrected chi connectivity index (χ1v) is 8.72. The Morgan fingerprint density at radius 1 is 1.11 bits per heavy atom. The first kappa shape index (κ1) is 18.8. The van der Waals surface area contributed by atoms with Gasteiger partial charge in [-0.15, -0.1) is 0 Å². The zero-order valence-electron chi connectivity index (χ0n) is 15.8. The second-order valence-electron chi connectivity index (χ2n) is 6.36. The Bertz CT molecular complexity index is 990. The van der Waals surface area contributed by atoms with Gasteiger partial charge >= 0.3 is 0 Å². The summed E-state index contributed by atoms with van der Waals surface area (Å²) in [6, 6.07) is 7.18. The van der Waals surface area contributed by atoms with E-state index in [9.17, 15) is 4.79 Å². The standard InChI is InChI=1S/C19H20ClN5O2/c1-10-16(11(2)22-19(21-10)25(4)5)23-18(26)15-12(3)27-24-17(15)13-8-6-7-9-14(13)20/h6-9H,1-5H3,(H,23,26). The highest BCUT2D eigenvalue weighted by Gasteiger charge is 2.24. The van der Waals surface area contributed by atoms with Gasteiger partial charge in [0.05, 0.1) is 22.1 Å². The maximum Gasteiger partial charge on any atom is 0.261 e. The van der Waals surface area contributed by atoms with Crippen molar-refractivity contribution in [2.24, 2.45) is 0 Å². The van der Waals surface area contributed by atoms with Crippen LogP contribution in [0.2, 0.25) is 5.02 Å². The van der Waals surface area contributed by atoms with E-state index in [2.05, 4.69) is 20.4 Å². The second kappa shape index (κ2) is 7.36. The highest BCUT2D eigenvalue weighted by atomic mass is 35.5. The molecule has 0 bridgehead atoms. The van der Waals surface area contributed by atoms with Crippen molar-refractivity contribution in [1.82, 2.24) is 15.1 Å². The van der Waals surface area contributed by atoms with Gasteiger partial charge in [-0.2, -0.15) is 0 Å². The summed E-state index contributed by atoms with van der Waals surface area (Å²) < 4.78 is 5.27. The molecule has 0 aliphatic heterocycles. The van der Waals surface area contributed by atoms with Crippen molar-refractivity contribution in [2.45, 2.75) is 20.8 Å². The largest absolute Gasteiger partial charge is 0.360 e. The van der Waals surface area contributed by atoms with Crippen LogP contribution in [0.1, 0.15) is 27.5 Å². The average Bonchev–Trinajstić information content (AvgIpc) is 2.99. The van der Waals surface area contributed by atoms with Gasteiger partial charge in [-0.25, -0.2) is 9.97 Å². The highest BCUT2D eigenvalue weighted by molar-refractivity contribution is 6.33. The monoisotopic (exact) mass is 385 g/mol. The third-order valence-corrected chi connectivity index (χ3v) is 4.45. The molecule has 0 spiro atoms. The lowest BCUT2D eigenvalue weighted by molar-refractivity contribution is 0.102. The zero-order valence-corrected chi connectivity index (χ0v) is 16.5. The predicted molar refractivity (Wildman–Crippen MR) is 105 cm³/mol. The summed E-state index contributed by atoms with van der Waals surface area (Å²) in [5, 5.41) is 7.42. The maximum atomic E-state index is 13.0. The molecule has 0 radical (unpaired) electrons. The Kier molecular flexibility index (Phi) is 5.14. The molecular weight excluding hydrogens is 366 g/mol. The molecule has 0 saturated heterocycles. The number of nitrogens with zero attached hydrogens (tertiary/aromatic N) is 4. The summed E-state index contributed by atoms with van der Waals surface area (Å²) in [6.45, 7) is 5.34. The second-order valence-corrected chi connectivity index (χ2v) is 6.77. The number of hydrogen-bond donors (Lipinski definition) is 1. The molecule has 0 aliphatic rings. The summed E-state index contributed by atoms with van der Waals surface area (Å²) in [6.07, 6.45) is 0. The number of halogens is 1. The van der Waals surface area contributed by atoms with E-state index in [-0.39, 0.29) is 5.91 Å². The molecule has 2 aromatic heterocycles. The van der Waals surface area contributed by atoms with Crippen molar-refractivity contribution < 1.29 is 9.32 Å². The molecule has 0 atom stereocenters. The fourth-order valence-electron chi connectivity index (χ4n) is 2.73. The van der Waals surface area contributed by atoms with E-state index in [1.807, 2.05) is 45.0 Å². The molecule has 27 heavy (non-hydrogen) atoms. The van der Waals surface area contributed by atoms with Crippen molar-refractivity contribution in [3.63, 3.8) is 0 Å². The number of nitrogens with one attached hydrogen (secondary N) is 1. The van der Waals surface area contributed by atoms with Gasteiger partial charge in [-0.1, -0.05) is 35.0 Å². The first-order valence-electron chi connectivity index (χ1n) is 8.34. The van der Waals surface area contributed by atoms with Crippen molar-refractivity contribution in [2.75, 3.05) is 24.3 Å². The van der Waals surface area contributed by atoms with Crippen LogP contribution in [0.3, 0.4) is 0 Å². The van der Waals surface area contributed by atoms with E-state index < -0.39 is 0 Å². The fourth-order valence-corrected chi connectivity index (χ4v) is 2.96. The van der Waals surface area contributed by atoms with Crippen LogP contribution < -0.4 is 10.2 Å². The van der Waals surface area contributed by atoms with Gasteiger partial charge < -0.3 is 14.7 Å². The molecule has 2 heterocycles. The molecule has 1 amide bonds. The number of rotatable bonds is 4. The lowest BCUT2D eigenvalue weighted by Crippen LogP contribution is -2.19. The number of hydrogen-bond acceptors (Lipinski definition) is 6. The molecule has 0 fully saturated rings. The van der Waals surface area contributed by atoms with Crippen LogP contribution in [0.4, 0.5) is 11.6 Å². The number of aryl methyl sites for hydroxylation is 3. The SMILES string of the molecule is Cc1nc(N(C)C)nc(C)c1NC(=O)c1c(-c2ccccc2Cl)noc1C. The molecule has 140 valence electrons. The van der Waals surface area contributed by atoms with E-state index >= 15 is 0 Å². The Morgan fingerprint density at radius 3 is 2.33 bits per heavy atom. The van der Waals surface area contributed by atoms with Crippen molar-refractivity contribution in [1.29, 1.82) is 0 Å². The number of carbonyl (C=O) groups is 1. The highest BCUT2D eigenvalue weighted by Crippen LogP contribution is 2.32. The summed E-state index contributed by atoms with van der Waals surface area (Å²) in [4.78, 5) is 23.7. The van der Waals surface area contributed by atoms with Crippen LogP contribution in [0, 0.1) is 20.8 Å². The molecule has 0 saturated carbocycles. The normalized spacial score (nSPS) is 10.7. The minimum Gasteiger partial charge on any atom is -0.360 e. The minimum atomic E-state index is -0.351. The summed E-state index contributed by atoms with van der Waals surface area (Å²) in [5.74, 6) is 0.639. The third kappa shape index (κ3) is 3.64. The van der Waals surface area contributed by atoms with Gasteiger partial charge in [-0.05, 0) is 26.8 Å². The summed E-state index contributed by atoms with van der Waals surface area (Å²) in [5.41, 5.74) is 3.28. The van der Waals surface area contributed by atoms with Gasteiger partial charge in [0.25, 0.3) is 5.91 Å². The van der Waals surface area contributed by atoms with E-state index in [0.29, 0.717) is 50.6 Å². The van der Waals surface area contributed by atoms with Crippen LogP contribution in [0.5, 0.6) is 0 Å². The van der Waals surface area contributed by atoms with Gasteiger partial charge in [0.2, 0.25) is 5.95 Å². The number of aromatic nitrogens is 3.